The fraction of sp³-hybridized carbons (Fsp3) is 0.417. The lowest BCUT2D eigenvalue weighted by molar-refractivity contribution is 0.280. The molecule has 1 N–H and O–H groups in total. The summed E-state index contributed by atoms with van der Waals surface area (Å²) in [6.45, 7) is 5.99. The minimum Gasteiger partial charge on any atom is -0.392 e. The first-order valence-electron chi connectivity index (χ1n) is 5.61. The molecule has 0 radical (unpaired) electrons. The third-order valence-corrected chi connectivity index (χ3v) is 2.64. The minimum absolute atomic E-state index is 0.0392. The maximum Gasteiger partial charge on any atom is 0.250 e. The molecule has 2 aromatic rings. The van der Waals surface area contributed by atoms with E-state index < -0.39 is 0 Å². The van der Waals surface area contributed by atoms with E-state index in [1.165, 1.54) is 0 Å². The molecular weight excluding hydrogens is 216 g/mol. The Kier molecular flexibility index (Phi) is 3.19. The zero-order chi connectivity index (χ0) is 12.4. The van der Waals surface area contributed by atoms with Crippen LogP contribution in [0.25, 0.3) is 5.95 Å². The van der Waals surface area contributed by atoms with Crippen LogP contribution < -0.4 is 0 Å². The van der Waals surface area contributed by atoms with Gasteiger partial charge in [-0.2, -0.15) is 5.10 Å². The Labute approximate surface area is 100 Å². The number of aliphatic hydroxyl groups excluding tert-OH is 1. The number of nitrogens with zero attached hydrogens (tertiary/aromatic N) is 4. The van der Waals surface area contributed by atoms with E-state index in [9.17, 15) is 0 Å². The van der Waals surface area contributed by atoms with Gasteiger partial charge in [-0.25, -0.2) is 14.6 Å². The summed E-state index contributed by atoms with van der Waals surface area (Å²) in [5.74, 6) is 0.917. The van der Waals surface area contributed by atoms with Gasteiger partial charge in [-0.05, 0) is 18.9 Å². The van der Waals surface area contributed by atoms with Gasteiger partial charge >= 0.3 is 0 Å². The first-order valence-corrected chi connectivity index (χ1v) is 5.61. The normalized spacial score (nSPS) is 11.1. The summed E-state index contributed by atoms with van der Waals surface area (Å²) < 4.78 is 1.66. The van der Waals surface area contributed by atoms with E-state index >= 15 is 0 Å². The Balaban J connectivity index is 2.36. The summed E-state index contributed by atoms with van der Waals surface area (Å²) in [7, 11) is 0. The topological polar surface area (TPSA) is 63.8 Å². The lowest BCUT2D eigenvalue weighted by Crippen LogP contribution is -2.06. The van der Waals surface area contributed by atoms with Crippen molar-refractivity contribution in [1.82, 2.24) is 19.7 Å². The molecule has 0 unspecified atom stereocenters. The third kappa shape index (κ3) is 2.34. The predicted molar refractivity (Wildman–Crippen MR) is 63.9 cm³/mol. The summed E-state index contributed by atoms with van der Waals surface area (Å²) in [5, 5.41) is 13.5. The summed E-state index contributed by atoms with van der Waals surface area (Å²) in [4.78, 5) is 8.50. The molecule has 0 aliphatic rings. The van der Waals surface area contributed by atoms with Gasteiger partial charge in [0.25, 0.3) is 5.95 Å². The quantitative estimate of drug-likeness (QED) is 0.872. The van der Waals surface area contributed by atoms with Crippen LogP contribution in [0, 0.1) is 6.92 Å². The van der Waals surface area contributed by atoms with E-state index in [1.54, 1.807) is 10.9 Å². The molecule has 0 aromatic carbocycles. The molecule has 2 rings (SSSR count). The first-order chi connectivity index (χ1) is 8.11. The maximum absolute atomic E-state index is 9.05. The Morgan fingerprint density at radius 3 is 2.71 bits per heavy atom. The molecule has 0 saturated heterocycles. The lowest BCUT2D eigenvalue weighted by Gasteiger charge is -2.04. The van der Waals surface area contributed by atoms with E-state index in [4.69, 9.17) is 5.11 Å². The standard InChI is InChI=1S/C12H16N4O/c1-8(2)11-4-5-16(15-11)12-13-6-10(7-17)9(3)14-12/h4-6,8,17H,7H2,1-3H3. The molecule has 2 heterocycles. The number of hydrogen-bond acceptors (Lipinski definition) is 4. The second-order valence-electron chi connectivity index (χ2n) is 4.28. The highest BCUT2D eigenvalue weighted by Crippen LogP contribution is 2.13. The zero-order valence-corrected chi connectivity index (χ0v) is 10.3. The van der Waals surface area contributed by atoms with E-state index in [2.05, 4.69) is 28.9 Å². The smallest absolute Gasteiger partial charge is 0.250 e. The molecule has 0 bridgehead atoms. The Morgan fingerprint density at radius 1 is 1.41 bits per heavy atom. The van der Waals surface area contributed by atoms with Crippen LogP contribution in [0.3, 0.4) is 0 Å². The molecule has 17 heavy (non-hydrogen) atoms. The number of aryl methyl sites for hydroxylation is 1. The molecule has 0 aliphatic carbocycles. The van der Waals surface area contributed by atoms with Gasteiger partial charge in [0.15, 0.2) is 0 Å². The summed E-state index contributed by atoms with van der Waals surface area (Å²) in [6.07, 6.45) is 3.48. The van der Waals surface area contributed by atoms with Crippen LogP contribution in [0.1, 0.15) is 36.7 Å². The molecule has 0 atom stereocenters. The number of rotatable bonds is 3. The van der Waals surface area contributed by atoms with Crippen LogP contribution in [0.15, 0.2) is 18.5 Å². The summed E-state index contributed by atoms with van der Waals surface area (Å²) >= 11 is 0. The highest BCUT2D eigenvalue weighted by Gasteiger charge is 2.08. The number of aromatic nitrogens is 4. The molecule has 0 aliphatic heterocycles. The molecular formula is C12H16N4O. The van der Waals surface area contributed by atoms with Crippen molar-refractivity contribution in [2.24, 2.45) is 0 Å². The molecule has 0 amide bonds. The van der Waals surface area contributed by atoms with Crippen LogP contribution >= 0.6 is 0 Å². The largest absolute Gasteiger partial charge is 0.392 e. The fourth-order valence-electron chi connectivity index (χ4n) is 1.50. The monoisotopic (exact) mass is 232 g/mol. The van der Waals surface area contributed by atoms with Gasteiger partial charge in [-0.1, -0.05) is 13.8 Å². The second kappa shape index (κ2) is 4.63. The average molecular weight is 232 g/mol. The molecule has 5 nitrogen and oxygen atoms in total. The van der Waals surface area contributed by atoms with E-state index in [-0.39, 0.29) is 6.61 Å². The van der Waals surface area contributed by atoms with Gasteiger partial charge in [0, 0.05) is 23.7 Å². The molecule has 5 heteroatoms. The van der Waals surface area contributed by atoms with Crippen LogP contribution in [0.5, 0.6) is 0 Å². The van der Waals surface area contributed by atoms with Gasteiger partial charge in [-0.3, -0.25) is 0 Å². The van der Waals surface area contributed by atoms with Crippen LogP contribution in [0.4, 0.5) is 0 Å². The van der Waals surface area contributed by atoms with Crippen molar-refractivity contribution in [3.8, 4) is 5.95 Å². The van der Waals surface area contributed by atoms with Crippen molar-refractivity contribution >= 4 is 0 Å². The second-order valence-corrected chi connectivity index (χ2v) is 4.28. The maximum atomic E-state index is 9.05. The van der Waals surface area contributed by atoms with Gasteiger partial charge in [-0.15, -0.1) is 0 Å². The van der Waals surface area contributed by atoms with Crippen LogP contribution in [-0.4, -0.2) is 24.9 Å². The summed E-state index contributed by atoms with van der Waals surface area (Å²) in [6, 6.07) is 1.96. The molecule has 0 fully saturated rings. The Morgan fingerprint density at radius 2 is 2.18 bits per heavy atom. The number of aliphatic hydroxyl groups is 1. The van der Waals surface area contributed by atoms with Crippen molar-refractivity contribution in [3.63, 3.8) is 0 Å². The third-order valence-electron chi connectivity index (χ3n) is 2.64. The van der Waals surface area contributed by atoms with Gasteiger partial charge in [0.1, 0.15) is 0 Å². The Hall–Kier alpha value is -1.75. The average Bonchev–Trinajstić information content (AvgIpc) is 2.78. The zero-order valence-electron chi connectivity index (χ0n) is 10.3. The van der Waals surface area contributed by atoms with Gasteiger partial charge in [0.05, 0.1) is 12.3 Å². The highest BCUT2D eigenvalue weighted by atomic mass is 16.3. The first kappa shape index (κ1) is 11.7. The van der Waals surface area contributed by atoms with Crippen molar-refractivity contribution in [2.45, 2.75) is 33.3 Å². The van der Waals surface area contributed by atoms with Crippen molar-refractivity contribution in [3.05, 3.63) is 35.4 Å². The minimum atomic E-state index is -0.0392. The summed E-state index contributed by atoms with van der Waals surface area (Å²) in [5.41, 5.74) is 2.53. The van der Waals surface area contributed by atoms with Crippen molar-refractivity contribution in [1.29, 1.82) is 0 Å². The van der Waals surface area contributed by atoms with Crippen molar-refractivity contribution in [2.75, 3.05) is 0 Å². The van der Waals surface area contributed by atoms with Crippen LogP contribution in [0.2, 0.25) is 0 Å². The Bertz CT molecular complexity index is 519. The van der Waals surface area contributed by atoms with Gasteiger partial charge < -0.3 is 5.11 Å². The van der Waals surface area contributed by atoms with Crippen molar-refractivity contribution < 1.29 is 5.11 Å². The molecule has 90 valence electrons. The van der Waals surface area contributed by atoms with Gasteiger partial charge in [0.2, 0.25) is 0 Å². The SMILES string of the molecule is Cc1nc(-n2ccc(C(C)C)n2)ncc1CO. The molecule has 0 spiro atoms. The molecule has 0 saturated carbocycles. The van der Waals surface area contributed by atoms with E-state index in [1.807, 2.05) is 19.2 Å². The molecule has 2 aromatic heterocycles. The predicted octanol–water partition coefficient (Wildman–Crippen LogP) is 1.59. The van der Waals surface area contributed by atoms with Crippen LogP contribution in [-0.2, 0) is 6.61 Å². The van der Waals surface area contributed by atoms with E-state index in [0.29, 0.717) is 11.9 Å². The van der Waals surface area contributed by atoms with E-state index in [0.717, 1.165) is 17.0 Å². The highest BCUT2D eigenvalue weighted by molar-refractivity contribution is 5.21. The number of hydrogen-bond donors (Lipinski definition) is 1. The lowest BCUT2D eigenvalue weighted by atomic mass is 10.1. The fourth-order valence-corrected chi connectivity index (χ4v) is 1.50.